The molecule has 0 fully saturated rings. The summed E-state index contributed by atoms with van der Waals surface area (Å²) in [5.41, 5.74) is 19.2. The Balaban J connectivity index is 1.18. The number of hydrogen-bond acceptors (Lipinski definition) is 3. The van der Waals surface area contributed by atoms with Crippen LogP contribution in [-0.2, 0) is 10.8 Å². The predicted octanol–water partition coefficient (Wildman–Crippen LogP) is 17.5. The molecule has 340 valence electrons. The molecule has 0 amide bonds. The number of phenolic OH excluding ortho intramolecular Hbond substituents is 1. The van der Waals surface area contributed by atoms with E-state index in [2.05, 4.69) is 210 Å². The summed E-state index contributed by atoms with van der Waals surface area (Å²) < 4.78 is 11.3. The van der Waals surface area contributed by atoms with Gasteiger partial charge in [-0.15, -0.1) is 0 Å². The van der Waals surface area contributed by atoms with Gasteiger partial charge in [-0.2, -0.15) is 0 Å². The molecule has 2 heterocycles. The van der Waals surface area contributed by atoms with Crippen molar-refractivity contribution in [3.8, 4) is 89.7 Å². The minimum Gasteiger partial charge on any atom is -0.507 e. The van der Waals surface area contributed by atoms with Crippen LogP contribution in [-0.4, -0.2) is 19.6 Å². The van der Waals surface area contributed by atoms with E-state index in [9.17, 15) is 5.11 Å². The molecular formula is C65H59N3O. The summed E-state index contributed by atoms with van der Waals surface area (Å²) in [5.74, 6) is -0.0717. The number of imidazole rings is 1. The molecule has 0 bridgehead atoms. The quantitative estimate of drug-likeness (QED) is 0.157. The van der Waals surface area contributed by atoms with Crippen LogP contribution in [0.15, 0.2) is 200 Å². The highest BCUT2D eigenvalue weighted by molar-refractivity contribution is 5.98. The number of aromatic hydroxyl groups is 1. The minimum atomic E-state index is -0.833. The minimum absolute atomic E-state index is 0.0116. The third kappa shape index (κ3) is 9.03. The van der Waals surface area contributed by atoms with E-state index >= 15 is 0 Å². The predicted molar refractivity (Wildman–Crippen MR) is 290 cm³/mol. The van der Waals surface area contributed by atoms with Crippen LogP contribution in [0.25, 0.3) is 95.0 Å². The van der Waals surface area contributed by atoms with Gasteiger partial charge in [0.1, 0.15) is 11.6 Å². The first-order chi connectivity index (χ1) is 33.5. The molecule has 0 unspecified atom stereocenters. The molecule has 4 heteroatoms. The highest BCUT2D eigenvalue weighted by Gasteiger charge is 2.24. The fraction of sp³-hybridized carbons (Fsp3) is 0.169. The van der Waals surface area contributed by atoms with Crippen LogP contribution in [0, 0.1) is 0 Å². The molecule has 0 saturated carbocycles. The molecular weight excluding hydrogens is 839 g/mol. The van der Waals surface area contributed by atoms with E-state index in [4.69, 9.17) is 11.3 Å². The topological polar surface area (TPSA) is 50.9 Å². The molecule has 0 aliphatic carbocycles. The van der Waals surface area contributed by atoms with Crippen molar-refractivity contribution >= 4 is 11.0 Å². The van der Waals surface area contributed by atoms with Gasteiger partial charge in [0, 0.05) is 24.3 Å². The fourth-order valence-corrected chi connectivity index (χ4v) is 9.36. The number of pyridine rings is 1. The largest absolute Gasteiger partial charge is 0.507 e. The zero-order valence-corrected chi connectivity index (χ0v) is 40.8. The SMILES string of the molecule is [2H]C(C)(C)c1ccc(-n2c(-c3ccccc3O)nc3c(-c4cc(-c5ccc(C(C)(C)C)cc5)cc(-c5cc(-c6ccc(-c7ccccc7)cc6)ccn5)c4)cccc32)c(-c2ccc(C(C)(C)C)cc2)c1. The normalized spacial score (nSPS) is 12.3. The summed E-state index contributed by atoms with van der Waals surface area (Å²) in [7, 11) is 0. The lowest BCUT2D eigenvalue weighted by molar-refractivity contribution is 0.477. The monoisotopic (exact) mass is 898 g/mol. The molecule has 10 aromatic rings. The highest BCUT2D eigenvalue weighted by atomic mass is 16.3. The molecule has 0 spiro atoms. The van der Waals surface area contributed by atoms with E-state index in [-0.39, 0.29) is 16.6 Å². The zero-order valence-electron chi connectivity index (χ0n) is 41.8. The van der Waals surface area contributed by atoms with E-state index in [0.717, 1.165) is 78.0 Å². The molecule has 0 radical (unpaired) electrons. The third-order valence-corrected chi connectivity index (χ3v) is 13.4. The molecule has 4 nitrogen and oxygen atoms in total. The number of rotatable bonds is 9. The molecule has 2 aromatic heterocycles. The van der Waals surface area contributed by atoms with Crippen molar-refractivity contribution in [3.05, 3.63) is 217 Å². The van der Waals surface area contributed by atoms with Crippen molar-refractivity contribution in [1.29, 1.82) is 0 Å². The second-order valence-corrected chi connectivity index (χ2v) is 20.5. The van der Waals surface area contributed by atoms with E-state index in [1.807, 2.05) is 44.3 Å². The van der Waals surface area contributed by atoms with Gasteiger partial charge >= 0.3 is 0 Å². The Morgan fingerprint density at radius 1 is 0.464 bits per heavy atom. The molecule has 8 aromatic carbocycles. The van der Waals surface area contributed by atoms with Gasteiger partial charge in [-0.05, 0) is 139 Å². The maximum atomic E-state index is 11.6. The van der Waals surface area contributed by atoms with E-state index in [1.165, 1.54) is 22.3 Å². The summed E-state index contributed by atoms with van der Waals surface area (Å²) in [6, 6.07) is 68.1. The van der Waals surface area contributed by atoms with E-state index in [1.54, 1.807) is 6.07 Å². The van der Waals surface area contributed by atoms with Gasteiger partial charge < -0.3 is 5.11 Å². The molecule has 0 aliphatic heterocycles. The summed E-state index contributed by atoms with van der Waals surface area (Å²) >= 11 is 0. The Morgan fingerprint density at radius 2 is 1.01 bits per heavy atom. The van der Waals surface area contributed by atoms with Gasteiger partial charge in [0.25, 0.3) is 0 Å². The van der Waals surface area contributed by atoms with Crippen molar-refractivity contribution in [1.82, 2.24) is 14.5 Å². The lowest BCUT2D eigenvalue weighted by Crippen LogP contribution is -2.10. The van der Waals surface area contributed by atoms with Crippen molar-refractivity contribution < 1.29 is 6.48 Å². The Bertz CT molecular complexity index is 3510. The molecule has 69 heavy (non-hydrogen) atoms. The van der Waals surface area contributed by atoms with Gasteiger partial charge in [-0.1, -0.05) is 189 Å². The standard InChI is InChI=1S/C65H59N3O/c1-42(2)48-29-34-59(57(40-48)47-27-32-54(33-28-47)65(6,7)8)68-60-19-14-18-55(62(60)67-63(68)56-17-12-13-20-61(56)69)51-37-50(46-25-30-53(31-26-46)64(3,4)5)38-52(39-51)58-41-49(35-36-66-58)45-23-21-44(22-24-45)43-15-10-9-11-16-43/h9-42,69H,1-8H3/i42D. The van der Waals surface area contributed by atoms with Crippen LogP contribution < -0.4 is 0 Å². The Hall–Kier alpha value is -7.82. The number of fused-ring (bicyclic) bond motifs is 1. The molecule has 0 atom stereocenters. The smallest absolute Gasteiger partial charge is 0.149 e. The zero-order chi connectivity index (χ0) is 49.0. The van der Waals surface area contributed by atoms with Crippen LogP contribution in [0.4, 0.5) is 0 Å². The van der Waals surface area contributed by atoms with Gasteiger partial charge in [0.2, 0.25) is 0 Å². The second kappa shape index (κ2) is 18.0. The van der Waals surface area contributed by atoms with Gasteiger partial charge in [0.15, 0.2) is 0 Å². The lowest BCUT2D eigenvalue weighted by atomic mass is 9.86. The van der Waals surface area contributed by atoms with Crippen molar-refractivity contribution in [2.75, 3.05) is 0 Å². The summed E-state index contributed by atoms with van der Waals surface area (Å²) in [6.07, 6.45) is 1.91. The summed E-state index contributed by atoms with van der Waals surface area (Å²) in [6.45, 7) is 17.3. The summed E-state index contributed by atoms with van der Waals surface area (Å²) in [4.78, 5) is 10.5. The maximum absolute atomic E-state index is 11.6. The van der Waals surface area contributed by atoms with Crippen LogP contribution >= 0.6 is 0 Å². The number of hydrogen-bond donors (Lipinski definition) is 1. The first-order valence-electron chi connectivity index (χ1n) is 24.4. The van der Waals surface area contributed by atoms with Gasteiger partial charge in [-0.25, -0.2) is 4.98 Å². The lowest BCUT2D eigenvalue weighted by Gasteiger charge is -2.21. The first kappa shape index (κ1) is 43.7. The van der Waals surface area contributed by atoms with Crippen molar-refractivity contribution in [2.45, 2.75) is 72.1 Å². The summed E-state index contributed by atoms with van der Waals surface area (Å²) in [5, 5.41) is 11.6. The molecule has 0 saturated heterocycles. The highest BCUT2D eigenvalue weighted by Crippen LogP contribution is 2.43. The van der Waals surface area contributed by atoms with Gasteiger partial charge in [-0.3, -0.25) is 9.55 Å². The molecule has 10 rings (SSSR count). The van der Waals surface area contributed by atoms with Crippen LogP contribution in [0.5, 0.6) is 5.75 Å². The van der Waals surface area contributed by atoms with E-state index in [0.29, 0.717) is 11.4 Å². The average Bonchev–Trinajstić information content (AvgIpc) is 3.75. The number of nitrogens with zero attached hydrogens (tertiary/aromatic N) is 3. The third-order valence-electron chi connectivity index (χ3n) is 13.4. The van der Waals surface area contributed by atoms with Crippen LogP contribution in [0.3, 0.4) is 0 Å². The number of phenols is 1. The maximum Gasteiger partial charge on any atom is 0.149 e. The Labute approximate surface area is 409 Å². The fourth-order valence-electron chi connectivity index (χ4n) is 9.36. The second-order valence-electron chi connectivity index (χ2n) is 20.5. The average molecular weight is 899 g/mol. The van der Waals surface area contributed by atoms with Crippen molar-refractivity contribution in [3.63, 3.8) is 0 Å². The van der Waals surface area contributed by atoms with Crippen LogP contribution in [0.1, 0.15) is 79.3 Å². The Morgan fingerprint density at radius 3 is 1.67 bits per heavy atom. The number of aromatic nitrogens is 3. The Kier molecular flexibility index (Phi) is 11.4. The molecule has 0 aliphatic rings. The number of benzene rings is 8. The van der Waals surface area contributed by atoms with Crippen LogP contribution in [0.2, 0.25) is 0 Å². The molecule has 1 N–H and O–H groups in total. The first-order valence-corrected chi connectivity index (χ1v) is 23.9. The number of para-hydroxylation sites is 2. The van der Waals surface area contributed by atoms with Gasteiger partial charge in [0.05, 0.1) is 28.0 Å². The van der Waals surface area contributed by atoms with E-state index < -0.39 is 5.89 Å². The van der Waals surface area contributed by atoms with Crippen molar-refractivity contribution in [2.24, 2.45) is 0 Å².